The van der Waals surface area contributed by atoms with Gasteiger partial charge in [0.25, 0.3) is 0 Å². The van der Waals surface area contributed by atoms with Crippen LogP contribution in [-0.4, -0.2) is 40.2 Å². The molecule has 1 saturated carbocycles. The number of fused-ring (bicyclic) bond motifs is 1. The predicted octanol–water partition coefficient (Wildman–Crippen LogP) is 4.10. The predicted molar refractivity (Wildman–Crippen MR) is 114 cm³/mol. The normalized spacial score (nSPS) is 26.9. The lowest BCUT2D eigenvalue weighted by Gasteiger charge is -2.36. The molecule has 2 aliphatic rings. The van der Waals surface area contributed by atoms with E-state index in [1.807, 2.05) is 12.1 Å². The Labute approximate surface area is 179 Å². The second-order valence-electron chi connectivity index (χ2n) is 8.43. The minimum atomic E-state index is -1.12. The zero-order valence-electron chi connectivity index (χ0n) is 16.5. The van der Waals surface area contributed by atoms with E-state index < -0.39 is 24.4 Å². The topological polar surface area (TPSA) is 83.1 Å². The Morgan fingerprint density at radius 2 is 1.83 bits per heavy atom. The lowest BCUT2D eigenvalue weighted by Crippen LogP contribution is -2.47. The summed E-state index contributed by atoms with van der Waals surface area (Å²) in [6.45, 7) is -0.371. The molecule has 158 valence electrons. The third kappa shape index (κ3) is 3.66. The van der Waals surface area contributed by atoms with Crippen molar-refractivity contribution in [1.29, 1.82) is 0 Å². The summed E-state index contributed by atoms with van der Waals surface area (Å²) in [6.07, 6.45) is 1.57. The first kappa shape index (κ1) is 20.0. The Bertz CT molecular complexity index is 1040. The second kappa shape index (κ2) is 7.98. The Hall–Kier alpha value is -1.89. The Kier molecular flexibility index (Phi) is 5.33. The quantitative estimate of drug-likeness (QED) is 0.570. The van der Waals surface area contributed by atoms with Crippen molar-refractivity contribution < 1.29 is 24.5 Å². The number of aliphatic hydroxyl groups is 3. The number of hydrogen-bond acceptors (Lipinski definition) is 5. The lowest BCUT2D eigenvalue weighted by molar-refractivity contribution is -0.181. The van der Waals surface area contributed by atoms with Crippen LogP contribution < -0.4 is 0 Å². The van der Waals surface area contributed by atoms with Gasteiger partial charge in [0.05, 0.1) is 30.1 Å². The largest absolute Gasteiger partial charge is 0.464 e. The minimum absolute atomic E-state index is 0.213. The van der Waals surface area contributed by atoms with Gasteiger partial charge in [0.15, 0.2) is 0 Å². The molecular formula is C24H25ClO5. The van der Waals surface area contributed by atoms with E-state index in [-0.39, 0.29) is 13.0 Å². The van der Waals surface area contributed by atoms with Crippen LogP contribution in [0, 0.1) is 0 Å². The van der Waals surface area contributed by atoms with Crippen LogP contribution in [0.1, 0.15) is 53.5 Å². The van der Waals surface area contributed by atoms with Crippen molar-refractivity contribution in [1.82, 2.24) is 0 Å². The summed E-state index contributed by atoms with van der Waals surface area (Å²) < 4.78 is 11.6. The fraction of sp³-hybridized carbons (Fsp3) is 0.417. The summed E-state index contributed by atoms with van der Waals surface area (Å²) in [5.74, 6) is 0.723. The van der Waals surface area contributed by atoms with Gasteiger partial charge in [-0.25, -0.2) is 0 Å². The fourth-order valence-electron chi connectivity index (χ4n) is 4.41. The number of furan rings is 1. The van der Waals surface area contributed by atoms with Gasteiger partial charge in [-0.2, -0.15) is 0 Å². The molecule has 5 nitrogen and oxygen atoms in total. The molecule has 1 aromatic heterocycles. The smallest absolute Gasteiger partial charge is 0.141 e. The molecule has 3 unspecified atom stereocenters. The molecule has 1 aliphatic carbocycles. The van der Waals surface area contributed by atoms with Gasteiger partial charge in [0.1, 0.15) is 17.8 Å². The molecule has 0 bridgehead atoms. The molecule has 2 aromatic carbocycles. The third-order valence-corrected chi connectivity index (χ3v) is 6.74. The number of hydrogen-bond donors (Lipinski definition) is 3. The van der Waals surface area contributed by atoms with E-state index in [0.29, 0.717) is 17.0 Å². The van der Waals surface area contributed by atoms with Gasteiger partial charge in [0.2, 0.25) is 0 Å². The van der Waals surface area contributed by atoms with E-state index in [0.717, 1.165) is 22.4 Å². The molecular weight excluding hydrogens is 404 g/mol. The number of aliphatic hydroxyl groups excluding tert-OH is 3. The van der Waals surface area contributed by atoms with Crippen LogP contribution in [0.2, 0.25) is 5.02 Å². The Morgan fingerprint density at radius 3 is 2.53 bits per heavy atom. The number of halogens is 1. The molecule has 3 aromatic rings. The van der Waals surface area contributed by atoms with Gasteiger partial charge >= 0.3 is 0 Å². The third-order valence-electron chi connectivity index (χ3n) is 6.30. The Balaban J connectivity index is 1.49. The summed E-state index contributed by atoms with van der Waals surface area (Å²) in [5.41, 5.74) is 4.90. The first-order valence-electron chi connectivity index (χ1n) is 10.4. The van der Waals surface area contributed by atoms with Crippen molar-refractivity contribution in [3.63, 3.8) is 0 Å². The lowest BCUT2D eigenvalue weighted by atomic mass is 9.91. The highest BCUT2D eigenvalue weighted by atomic mass is 35.5. The average molecular weight is 429 g/mol. The molecule has 0 amide bonds. The molecule has 1 aliphatic heterocycles. The monoisotopic (exact) mass is 428 g/mol. The average Bonchev–Trinajstić information content (AvgIpc) is 3.48. The van der Waals surface area contributed by atoms with Crippen LogP contribution in [0.4, 0.5) is 0 Å². The summed E-state index contributed by atoms with van der Waals surface area (Å²) in [6, 6.07) is 12.5. The first-order chi connectivity index (χ1) is 14.5. The highest BCUT2D eigenvalue weighted by Crippen LogP contribution is 2.41. The van der Waals surface area contributed by atoms with E-state index in [9.17, 15) is 15.3 Å². The molecule has 5 rings (SSSR count). The van der Waals surface area contributed by atoms with E-state index >= 15 is 0 Å². The van der Waals surface area contributed by atoms with Crippen LogP contribution in [-0.2, 0) is 11.2 Å². The summed E-state index contributed by atoms with van der Waals surface area (Å²) >= 11 is 6.71. The molecule has 1 saturated heterocycles. The summed E-state index contributed by atoms with van der Waals surface area (Å²) in [7, 11) is 0. The van der Waals surface area contributed by atoms with Crippen LogP contribution in [0.25, 0.3) is 11.0 Å². The molecule has 4 atom stereocenters. The van der Waals surface area contributed by atoms with Gasteiger partial charge in [-0.05, 0) is 54.0 Å². The van der Waals surface area contributed by atoms with Crippen LogP contribution in [0.5, 0.6) is 0 Å². The SMILES string of the molecule is OCC1OC(c2cc(Cc3ccc(C4CC4)cc3)c(Cl)c3ccoc23)CC(O)[C@@H]1O. The zero-order chi connectivity index (χ0) is 20.8. The highest BCUT2D eigenvalue weighted by molar-refractivity contribution is 6.36. The Morgan fingerprint density at radius 1 is 1.07 bits per heavy atom. The standard InChI is InChI=1S/C24H25ClO5/c25-22-16(9-13-1-3-14(4-2-13)15-5-6-15)10-18(24-17(22)7-8-29-24)20-11-19(27)23(28)21(12-26)30-20/h1-4,7-8,10,15,19-21,23,26-28H,5-6,9,11-12H2/t19?,20?,21?,23-/m0/s1. The summed E-state index contributed by atoms with van der Waals surface area (Å²) in [4.78, 5) is 0. The molecule has 3 N–H and O–H groups in total. The van der Waals surface area contributed by atoms with Crippen LogP contribution in [0.15, 0.2) is 47.1 Å². The number of ether oxygens (including phenoxy) is 1. The van der Waals surface area contributed by atoms with Crippen LogP contribution >= 0.6 is 11.6 Å². The van der Waals surface area contributed by atoms with Crippen molar-refractivity contribution in [2.75, 3.05) is 6.61 Å². The van der Waals surface area contributed by atoms with E-state index in [1.165, 1.54) is 24.0 Å². The van der Waals surface area contributed by atoms with Gasteiger partial charge < -0.3 is 24.5 Å². The van der Waals surface area contributed by atoms with Gasteiger partial charge in [-0.15, -0.1) is 0 Å². The molecule has 6 heteroatoms. The van der Waals surface area contributed by atoms with Crippen molar-refractivity contribution in [3.05, 3.63) is 69.9 Å². The maximum Gasteiger partial charge on any atom is 0.141 e. The molecule has 0 radical (unpaired) electrons. The number of benzene rings is 2. The van der Waals surface area contributed by atoms with Gasteiger partial charge in [0, 0.05) is 17.4 Å². The van der Waals surface area contributed by atoms with E-state index in [4.69, 9.17) is 20.8 Å². The van der Waals surface area contributed by atoms with E-state index in [1.54, 1.807) is 6.26 Å². The van der Waals surface area contributed by atoms with Crippen molar-refractivity contribution in [2.45, 2.75) is 56.0 Å². The zero-order valence-corrected chi connectivity index (χ0v) is 17.3. The molecule has 0 spiro atoms. The second-order valence-corrected chi connectivity index (χ2v) is 8.81. The van der Waals surface area contributed by atoms with Crippen LogP contribution in [0.3, 0.4) is 0 Å². The maximum atomic E-state index is 10.3. The molecule has 2 heterocycles. The fourth-order valence-corrected chi connectivity index (χ4v) is 4.68. The van der Waals surface area contributed by atoms with Gasteiger partial charge in [-0.3, -0.25) is 0 Å². The van der Waals surface area contributed by atoms with Crippen molar-refractivity contribution in [2.24, 2.45) is 0 Å². The minimum Gasteiger partial charge on any atom is -0.464 e. The first-order valence-corrected chi connectivity index (χ1v) is 10.8. The molecule has 30 heavy (non-hydrogen) atoms. The maximum absolute atomic E-state index is 10.3. The van der Waals surface area contributed by atoms with Crippen molar-refractivity contribution in [3.8, 4) is 0 Å². The number of rotatable bonds is 5. The summed E-state index contributed by atoms with van der Waals surface area (Å²) in [5, 5.41) is 31.3. The molecule has 2 fully saturated rings. The van der Waals surface area contributed by atoms with Gasteiger partial charge in [-0.1, -0.05) is 35.9 Å². The van der Waals surface area contributed by atoms with E-state index in [2.05, 4.69) is 24.3 Å². The van der Waals surface area contributed by atoms with Crippen molar-refractivity contribution >= 4 is 22.6 Å². The highest BCUT2D eigenvalue weighted by Gasteiger charge is 2.38.